The van der Waals surface area contributed by atoms with Crippen LogP contribution in [0.2, 0.25) is 0 Å². The Morgan fingerprint density at radius 2 is 1.95 bits per heavy atom. The number of carboxylic acids is 1. The number of aromatic carboxylic acids is 1. The van der Waals surface area contributed by atoms with Crippen LogP contribution in [0.5, 0.6) is 0 Å². The highest BCUT2D eigenvalue weighted by Gasteiger charge is 2.14. The zero-order chi connectivity index (χ0) is 15.1. The van der Waals surface area contributed by atoms with Gasteiger partial charge in [0.1, 0.15) is 0 Å². The third kappa shape index (κ3) is 4.75. The van der Waals surface area contributed by atoms with Crippen LogP contribution in [-0.2, 0) is 11.2 Å². The fraction of sp³-hybridized carbons (Fsp3) is 0.467. The van der Waals surface area contributed by atoms with E-state index in [0.717, 1.165) is 18.5 Å². The predicted molar refractivity (Wildman–Crippen MR) is 77.5 cm³/mol. The topological polar surface area (TPSA) is 78.9 Å². The minimum Gasteiger partial charge on any atom is -0.478 e. The van der Waals surface area contributed by atoms with Crippen molar-refractivity contribution < 1.29 is 19.4 Å². The molecular weight excluding hydrogens is 272 g/mol. The van der Waals surface area contributed by atoms with E-state index in [1.54, 1.807) is 29.2 Å². The number of carbonyl (C=O) groups excluding carboxylic acids is 1. The molecule has 0 aromatic heterocycles. The third-order valence-electron chi connectivity index (χ3n) is 3.40. The van der Waals surface area contributed by atoms with E-state index >= 15 is 0 Å². The van der Waals surface area contributed by atoms with Crippen LogP contribution in [0.3, 0.4) is 0 Å². The van der Waals surface area contributed by atoms with E-state index in [1.165, 1.54) is 0 Å². The Morgan fingerprint density at radius 3 is 2.67 bits per heavy atom. The largest absolute Gasteiger partial charge is 0.478 e. The highest BCUT2D eigenvalue weighted by molar-refractivity contribution is 5.87. The number of rotatable bonds is 4. The summed E-state index contributed by atoms with van der Waals surface area (Å²) in [5, 5.41) is 11.7. The van der Waals surface area contributed by atoms with Crippen LogP contribution in [0, 0.1) is 0 Å². The van der Waals surface area contributed by atoms with Gasteiger partial charge >= 0.3 is 12.0 Å². The normalized spacial score (nSPS) is 15.3. The number of hydrogen-bond donors (Lipinski definition) is 2. The van der Waals surface area contributed by atoms with Crippen molar-refractivity contribution in [3.05, 3.63) is 35.4 Å². The van der Waals surface area contributed by atoms with Crippen LogP contribution in [0.1, 0.15) is 22.3 Å². The van der Waals surface area contributed by atoms with Gasteiger partial charge in [0, 0.05) is 26.2 Å². The lowest BCUT2D eigenvalue weighted by molar-refractivity contribution is 0.0697. The lowest BCUT2D eigenvalue weighted by Gasteiger charge is -2.20. The molecule has 0 radical (unpaired) electrons. The Kier molecular flexibility index (Phi) is 5.57. The van der Waals surface area contributed by atoms with Gasteiger partial charge in [-0.2, -0.15) is 0 Å². The lowest BCUT2D eigenvalue weighted by Crippen LogP contribution is -2.42. The van der Waals surface area contributed by atoms with Crippen molar-refractivity contribution in [2.24, 2.45) is 0 Å². The Morgan fingerprint density at radius 1 is 1.19 bits per heavy atom. The summed E-state index contributed by atoms with van der Waals surface area (Å²) in [5.74, 6) is -0.932. The van der Waals surface area contributed by atoms with Gasteiger partial charge in [-0.3, -0.25) is 0 Å². The Balaban J connectivity index is 1.75. The van der Waals surface area contributed by atoms with Gasteiger partial charge in [-0.05, 0) is 30.5 Å². The van der Waals surface area contributed by atoms with Crippen molar-refractivity contribution >= 4 is 12.0 Å². The van der Waals surface area contributed by atoms with Gasteiger partial charge in [0.25, 0.3) is 0 Å². The van der Waals surface area contributed by atoms with Gasteiger partial charge in [-0.1, -0.05) is 12.1 Å². The predicted octanol–water partition coefficient (Wildman–Crippen LogP) is 1.36. The van der Waals surface area contributed by atoms with E-state index in [9.17, 15) is 9.59 Å². The van der Waals surface area contributed by atoms with Crippen LogP contribution in [-0.4, -0.2) is 54.9 Å². The summed E-state index contributed by atoms with van der Waals surface area (Å²) in [6.45, 7) is 3.17. The molecule has 1 fully saturated rings. The van der Waals surface area contributed by atoms with E-state index in [4.69, 9.17) is 9.84 Å². The smallest absolute Gasteiger partial charge is 0.335 e. The maximum atomic E-state index is 12.0. The molecule has 6 nitrogen and oxygen atoms in total. The van der Waals surface area contributed by atoms with Crippen molar-refractivity contribution in [3.63, 3.8) is 0 Å². The summed E-state index contributed by atoms with van der Waals surface area (Å²) >= 11 is 0. The highest BCUT2D eigenvalue weighted by atomic mass is 16.5. The number of carboxylic acid groups (broad SMARTS) is 1. The summed E-state index contributed by atoms with van der Waals surface area (Å²) in [6.07, 6.45) is 1.54. The lowest BCUT2D eigenvalue weighted by atomic mass is 10.1. The standard InChI is InChI=1S/C15H20N2O4/c18-14(19)13-4-2-12(3-5-13)6-7-16-15(20)17-8-1-10-21-11-9-17/h2-5H,1,6-11H2,(H,16,20)(H,18,19). The molecule has 1 aliphatic rings. The first kappa shape index (κ1) is 15.3. The summed E-state index contributed by atoms with van der Waals surface area (Å²) in [7, 11) is 0. The second kappa shape index (κ2) is 7.64. The minimum absolute atomic E-state index is 0.0670. The first-order valence-electron chi connectivity index (χ1n) is 7.09. The zero-order valence-corrected chi connectivity index (χ0v) is 11.9. The third-order valence-corrected chi connectivity index (χ3v) is 3.40. The molecule has 1 aromatic rings. The van der Waals surface area contributed by atoms with Crippen molar-refractivity contribution in [2.75, 3.05) is 32.8 Å². The molecule has 0 saturated carbocycles. The van der Waals surface area contributed by atoms with Crippen molar-refractivity contribution in [1.29, 1.82) is 0 Å². The quantitative estimate of drug-likeness (QED) is 0.878. The van der Waals surface area contributed by atoms with E-state index in [-0.39, 0.29) is 11.6 Å². The van der Waals surface area contributed by atoms with E-state index in [0.29, 0.717) is 32.7 Å². The fourth-order valence-electron chi connectivity index (χ4n) is 2.19. The number of ether oxygens (including phenoxy) is 1. The molecule has 0 unspecified atom stereocenters. The number of nitrogens with one attached hydrogen (secondary N) is 1. The van der Waals surface area contributed by atoms with Gasteiger partial charge in [-0.25, -0.2) is 9.59 Å². The molecule has 0 aliphatic carbocycles. The number of amides is 2. The maximum absolute atomic E-state index is 12.0. The summed E-state index contributed by atoms with van der Waals surface area (Å²) in [5.41, 5.74) is 1.27. The van der Waals surface area contributed by atoms with Crippen molar-refractivity contribution in [3.8, 4) is 0 Å². The molecule has 1 saturated heterocycles. The van der Waals surface area contributed by atoms with Crippen LogP contribution >= 0.6 is 0 Å². The second-order valence-corrected chi connectivity index (χ2v) is 4.94. The number of hydrogen-bond acceptors (Lipinski definition) is 3. The highest BCUT2D eigenvalue weighted by Crippen LogP contribution is 2.05. The molecule has 0 spiro atoms. The average Bonchev–Trinajstić information content (AvgIpc) is 2.77. The molecule has 1 heterocycles. The van der Waals surface area contributed by atoms with Gasteiger partial charge in [0.2, 0.25) is 0 Å². The van der Waals surface area contributed by atoms with Crippen LogP contribution in [0.25, 0.3) is 0 Å². The number of carbonyl (C=O) groups is 2. The molecule has 2 N–H and O–H groups in total. The SMILES string of the molecule is O=C(O)c1ccc(CCNC(=O)N2CCCOCC2)cc1. The number of benzene rings is 1. The first-order chi connectivity index (χ1) is 10.2. The van der Waals surface area contributed by atoms with Crippen LogP contribution < -0.4 is 5.32 Å². The maximum Gasteiger partial charge on any atom is 0.335 e. The number of nitrogens with zero attached hydrogens (tertiary/aromatic N) is 1. The molecule has 2 amide bonds. The van der Waals surface area contributed by atoms with Crippen LogP contribution in [0.15, 0.2) is 24.3 Å². The summed E-state index contributed by atoms with van der Waals surface area (Å²) in [4.78, 5) is 24.5. The summed E-state index contributed by atoms with van der Waals surface area (Å²) < 4.78 is 5.31. The summed E-state index contributed by atoms with van der Waals surface area (Å²) in [6, 6.07) is 6.63. The molecular formula is C15H20N2O4. The van der Waals surface area contributed by atoms with E-state index < -0.39 is 5.97 Å². The molecule has 0 atom stereocenters. The molecule has 114 valence electrons. The average molecular weight is 292 g/mol. The van der Waals surface area contributed by atoms with Crippen LogP contribution in [0.4, 0.5) is 4.79 Å². The van der Waals surface area contributed by atoms with E-state index in [2.05, 4.69) is 5.32 Å². The van der Waals surface area contributed by atoms with E-state index in [1.807, 2.05) is 0 Å². The Labute approximate surface area is 123 Å². The zero-order valence-electron chi connectivity index (χ0n) is 11.9. The molecule has 2 rings (SSSR count). The molecule has 6 heteroatoms. The molecule has 21 heavy (non-hydrogen) atoms. The Hall–Kier alpha value is -2.08. The first-order valence-corrected chi connectivity index (χ1v) is 7.09. The van der Waals surface area contributed by atoms with Gasteiger partial charge in [-0.15, -0.1) is 0 Å². The van der Waals surface area contributed by atoms with Crippen molar-refractivity contribution in [1.82, 2.24) is 10.2 Å². The Bertz CT molecular complexity index is 479. The van der Waals surface area contributed by atoms with Gasteiger partial charge in [0.05, 0.1) is 12.2 Å². The monoisotopic (exact) mass is 292 g/mol. The van der Waals surface area contributed by atoms with Gasteiger partial charge < -0.3 is 20.1 Å². The second-order valence-electron chi connectivity index (χ2n) is 4.94. The molecule has 0 bridgehead atoms. The molecule has 1 aliphatic heterocycles. The minimum atomic E-state index is -0.932. The molecule has 1 aromatic carbocycles. The fourth-order valence-corrected chi connectivity index (χ4v) is 2.19. The number of urea groups is 1. The van der Waals surface area contributed by atoms with Gasteiger partial charge in [0.15, 0.2) is 0 Å². The van der Waals surface area contributed by atoms with Crippen molar-refractivity contribution in [2.45, 2.75) is 12.8 Å².